The summed E-state index contributed by atoms with van der Waals surface area (Å²) in [6, 6.07) is 0. The van der Waals surface area contributed by atoms with Crippen LogP contribution >= 0.6 is 0 Å². The molecule has 4 nitrogen and oxygen atoms in total. The van der Waals surface area contributed by atoms with Crippen LogP contribution in [0.4, 0.5) is 0 Å². The summed E-state index contributed by atoms with van der Waals surface area (Å²) in [4.78, 5) is 27.9. The average molecular weight is 128 g/mol. The molecule has 0 rings (SSSR count). The molecule has 48 valence electrons. The molecule has 0 fully saturated rings. The molecule has 0 aliphatic carbocycles. The first-order chi connectivity index (χ1) is 4.50. The molecule has 0 aromatic heterocycles. The van der Waals surface area contributed by atoms with E-state index in [4.69, 9.17) is 6.17 Å². The highest BCUT2D eigenvalue weighted by atomic mass is 16.2. The van der Waals surface area contributed by atoms with Gasteiger partial charge in [-0.2, -0.15) is 0 Å². The Labute approximate surface area is 55.4 Å². The van der Waals surface area contributed by atoms with Crippen LogP contribution in [0.25, 0.3) is 0 Å². The molecular weight excluding hydrogens is 121 g/mol. The van der Waals surface area contributed by atoms with E-state index in [2.05, 4.69) is 7.85 Å². The van der Waals surface area contributed by atoms with Crippen molar-refractivity contribution in [3.8, 4) is 0 Å². The predicted octanol–water partition coefficient (Wildman–Crippen LogP) is -1.38. The molecule has 0 aliphatic rings. The minimum absolute atomic E-state index is 0.329. The number of rotatable bonds is 1. The van der Waals surface area contributed by atoms with Crippen molar-refractivity contribution >= 4 is 26.3 Å². The molecule has 0 atom stereocenters. The van der Waals surface area contributed by atoms with Crippen LogP contribution in [0.5, 0.6) is 0 Å². The van der Waals surface area contributed by atoms with E-state index in [1.807, 2.05) is 5.32 Å². The van der Waals surface area contributed by atoms with Crippen LogP contribution < -0.4 is 5.32 Å². The third kappa shape index (κ3) is 46.5. The fourth-order valence-corrected chi connectivity index (χ4v) is 0.0830. The lowest BCUT2D eigenvalue weighted by atomic mass is 10.2. The summed E-state index contributed by atoms with van der Waals surface area (Å²) in [6.07, 6.45) is -0.734. The summed E-state index contributed by atoms with van der Waals surface area (Å²) < 4.78 is 5.72. The molecule has 0 spiro atoms. The summed E-state index contributed by atoms with van der Waals surface area (Å²) >= 11 is 0. The normalized spacial score (nSPS) is 7.44. The third-order valence-corrected chi connectivity index (χ3v) is 0.262. The molecule has 2 radical (unpaired) electrons. The lowest BCUT2D eigenvalue weighted by Gasteiger charge is -1.79. The molecule has 0 aromatic rings. The van der Waals surface area contributed by atoms with E-state index in [-0.39, 0.29) is 5.91 Å². The molecule has 1 N–H and O–H groups in total. The van der Waals surface area contributed by atoms with Crippen molar-refractivity contribution in [3.05, 3.63) is 0 Å². The topological polar surface area (TPSA) is 63.2 Å². The number of imide groups is 1. The van der Waals surface area contributed by atoms with Crippen molar-refractivity contribution in [1.82, 2.24) is 5.32 Å². The van der Waals surface area contributed by atoms with E-state index < -0.39 is 6.16 Å². The minimum atomic E-state index is -1.08. The number of carbonyl (C=O) groups excluding carboxylic acids is 3. The second-order valence-electron chi connectivity index (χ2n) is 0.936. The zero-order chi connectivity index (χ0) is 8.57. The first-order valence-electron chi connectivity index (χ1n) is 2.47. The van der Waals surface area contributed by atoms with Gasteiger partial charge in [-0.25, -0.2) is 0 Å². The minimum Gasteiger partial charge on any atom is -0.316 e. The largest absolute Gasteiger partial charge is 0.316 e. The highest BCUT2D eigenvalue weighted by Crippen LogP contribution is 1.47. The highest BCUT2D eigenvalue weighted by molar-refractivity contribution is 6.48. The van der Waals surface area contributed by atoms with Gasteiger partial charge in [-0.15, -0.1) is 0 Å². The lowest BCUT2D eigenvalue weighted by molar-refractivity contribution is -0.123. The summed E-state index contributed by atoms with van der Waals surface area (Å²) in [5.74, 6) is -0.329. The highest BCUT2D eigenvalue weighted by Gasteiger charge is 1.79. The van der Waals surface area contributed by atoms with Gasteiger partial charge < -0.3 is 4.79 Å². The Hall–Kier alpha value is -1.13. The van der Waals surface area contributed by atoms with Crippen molar-refractivity contribution in [3.63, 3.8) is 0 Å². The molecule has 0 saturated carbocycles. The first-order valence-corrected chi connectivity index (χ1v) is 1.97. The van der Waals surface area contributed by atoms with Crippen LogP contribution in [0.3, 0.4) is 0 Å². The first kappa shape index (κ1) is 7.87. The van der Waals surface area contributed by atoms with E-state index in [0.717, 1.165) is 0 Å². The Bertz CT molecular complexity index is 134. The van der Waals surface area contributed by atoms with Gasteiger partial charge in [-0.1, -0.05) is 0 Å². The molecule has 2 amide bonds. The maximum Gasteiger partial charge on any atom is 0.223 e. The van der Waals surface area contributed by atoms with E-state index in [9.17, 15) is 9.59 Å². The zero-order valence-corrected chi connectivity index (χ0v) is 4.88. The Morgan fingerprint density at radius 3 is 2.11 bits per heavy atom. The number of hydrogen-bond acceptors (Lipinski definition) is 3. The number of nitrogens with one attached hydrogen (secondary N) is 1. The predicted molar refractivity (Wildman–Crippen MR) is 32.4 cm³/mol. The van der Waals surface area contributed by atoms with Crippen molar-refractivity contribution in [2.75, 3.05) is 0 Å². The molecule has 0 heterocycles. The van der Waals surface area contributed by atoms with Gasteiger partial charge in [0.1, 0.15) is 0 Å². The lowest BCUT2D eigenvalue weighted by Crippen LogP contribution is -2.16. The van der Waals surface area contributed by atoms with Gasteiger partial charge in [0.15, 0.2) is 7.85 Å². The molecule has 0 bridgehead atoms. The van der Waals surface area contributed by atoms with Crippen LogP contribution in [-0.2, 0) is 14.4 Å². The smallest absolute Gasteiger partial charge is 0.223 e. The van der Waals surface area contributed by atoms with E-state index in [1.54, 1.807) is 0 Å². The Morgan fingerprint density at radius 2 is 2.11 bits per heavy atom. The van der Waals surface area contributed by atoms with Gasteiger partial charge in [-0.05, 0) is 0 Å². The van der Waals surface area contributed by atoms with Gasteiger partial charge in [0, 0.05) is 6.92 Å². The number of amides is 2. The Morgan fingerprint density at radius 1 is 1.78 bits per heavy atom. The zero-order valence-electron chi connectivity index (χ0n) is 5.88. The molecule has 9 heavy (non-hydrogen) atoms. The van der Waals surface area contributed by atoms with Crippen molar-refractivity contribution in [2.45, 2.75) is 6.92 Å². The molecule has 0 aliphatic heterocycles. The van der Waals surface area contributed by atoms with Crippen molar-refractivity contribution in [1.29, 1.82) is 0 Å². The second kappa shape index (κ2) is 9.98. The SMILES string of the molecule is CC(=O)NC=O.[2H]C([B])=O. The van der Waals surface area contributed by atoms with Crippen LogP contribution in [0.1, 0.15) is 8.29 Å². The van der Waals surface area contributed by atoms with Crippen LogP contribution in [0.2, 0.25) is 0 Å². The summed E-state index contributed by atoms with van der Waals surface area (Å²) in [5.41, 5.74) is 0. The number of hydrogen-bond donors (Lipinski definition) is 1. The van der Waals surface area contributed by atoms with Crippen molar-refractivity contribution < 1.29 is 15.8 Å². The van der Waals surface area contributed by atoms with Crippen molar-refractivity contribution in [2.24, 2.45) is 0 Å². The summed E-state index contributed by atoms with van der Waals surface area (Å²) in [7, 11) is 4.14. The number of carbonyl (C=O) groups is 3. The fraction of sp³-hybridized carbons (Fsp3) is 0.250. The van der Waals surface area contributed by atoms with E-state index in [1.165, 1.54) is 6.92 Å². The monoisotopic (exact) mass is 128 g/mol. The van der Waals surface area contributed by atoms with Gasteiger partial charge >= 0.3 is 0 Å². The third-order valence-electron chi connectivity index (χ3n) is 0.262. The fourth-order valence-electron chi connectivity index (χ4n) is 0.0830. The quantitative estimate of drug-likeness (QED) is 0.349. The van der Waals surface area contributed by atoms with E-state index >= 15 is 0 Å². The molecular formula is C4H6BNO3. The van der Waals surface area contributed by atoms with E-state index in [0.29, 0.717) is 6.41 Å². The summed E-state index contributed by atoms with van der Waals surface area (Å²) in [6.45, 7) is 1.27. The average Bonchev–Trinajstić information content (AvgIpc) is 1.62. The van der Waals surface area contributed by atoms with Gasteiger partial charge in [0.2, 0.25) is 12.3 Å². The van der Waals surface area contributed by atoms with Crippen LogP contribution in [0, 0.1) is 0 Å². The maximum atomic E-state index is 9.70. The van der Waals surface area contributed by atoms with Gasteiger partial charge in [0.25, 0.3) is 0 Å². The molecule has 0 unspecified atom stereocenters. The summed E-state index contributed by atoms with van der Waals surface area (Å²) in [5, 5.41) is 1.89. The van der Waals surface area contributed by atoms with Gasteiger partial charge in [0.05, 0.1) is 7.53 Å². The van der Waals surface area contributed by atoms with Gasteiger partial charge in [-0.3, -0.25) is 14.9 Å². The Balaban J connectivity index is 0. The molecule has 5 heteroatoms. The maximum absolute atomic E-state index is 9.70. The Kier molecular flexibility index (Phi) is 8.74. The molecule has 0 aromatic carbocycles. The second-order valence-corrected chi connectivity index (χ2v) is 0.936. The molecule has 0 saturated heterocycles. The standard InChI is InChI=1S/C3H5NO2.CHBO/c1-3(6)4-2-5;2-1-3/h2H,1H3,(H,4,5,6);1H/i;1D. The van der Waals surface area contributed by atoms with Crippen LogP contribution in [0.15, 0.2) is 0 Å². The van der Waals surface area contributed by atoms with Crippen LogP contribution in [-0.4, -0.2) is 26.3 Å².